The Bertz CT molecular complexity index is 1300. The first-order valence-corrected chi connectivity index (χ1v) is 13.3. The van der Waals surface area contributed by atoms with Crippen molar-refractivity contribution in [2.45, 2.75) is 12.8 Å². The summed E-state index contributed by atoms with van der Waals surface area (Å²) in [6, 6.07) is 20.7. The highest BCUT2D eigenvalue weighted by Crippen LogP contribution is 2.29. The molecule has 0 radical (unpaired) electrons. The van der Waals surface area contributed by atoms with Gasteiger partial charge in [-0.3, -0.25) is 9.59 Å². The van der Waals surface area contributed by atoms with E-state index in [2.05, 4.69) is 0 Å². The number of morpholine rings is 1. The van der Waals surface area contributed by atoms with Gasteiger partial charge >= 0.3 is 0 Å². The Morgan fingerprint density at radius 3 is 1.98 bits per heavy atom. The van der Waals surface area contributed by atoms with Crippen LogP contribution in [0.3, 0.4) is 0 Å². The number of carbonyl (C=O) groups is 2. The van der Waals surface area contributed by atoms with E-state index in [1.165, 1.54) is 0 Å². The fourth-order valence-corrected chi connectivity index (χ4v) is 4.37. The van der Waals surface area contributed by atoms with Crippen molar-refractivity contribution < 1.29 is 28.5 Å². The number of aryl methyl sites for hydroxylation is 1. The fourth-order valence-electron chi connectivity index (χ4n) is 4.37. The minimum absolute atomic E-state index is 0.127. The SMILES string of the molecule is COc1cc(/C=C(/C(=O)N(C)C)c2ccc(Oc3ccc(CCC(=O)N4CCOCC4)cc3)cc2)cc(OC)c1. The van der Waals surface area contributed by atoms with Crippen molar-refractivity contribution in [1.29, 1.82) is 0 Å². The van der Waals surface area contributed by atoms with Crippen LogP contribution in [0.1, 0.15) is 23.1 Å². The molecule has 40 heavy (non-hydrogen) atoms. The summed E-state index contributed by atoms with van der Waals surface area (Å²) in [5, 5.41) is 0. The highest BCUT2D eigenvalue weighted by molar-refractivity contribution is 6.24. The molecule has 0 aromatic heterocycles. The van der Waals surface area contributed by atoms with E-state index in [4.69, 9.17) is 18.9 Å². The van der Waals surface area contributed by atoms with E-state index in [0.29, 0.717) is 67.7 Å². The first-order valence-electron chi connectivity index (χ1n) is 13.3. The molecular formula is C32H36N2O6. The number of likely N-dealkylation sites (N-methyl/N-ethyl adjacent to an activating group) is 1. The monoisotopic (exact) mass is 544 g/mol. The molecule has 0 aliphatic carbocycles. The van der Waals surface area contributed by atoms with Gasteiger partial charge in [-0.25, -0.2) is 0 Å². The molecule has 0 bridgehead atoms. The number of methoxy groups -OCH3 is 2. The fraction of sp³-hybridized carbons (Fsp3) is 0.312. The van der Waals surface area contributed by atoms with Crippen molar-refractivity contribution >= 4 is 23.5 Å². The van der Waals surface area contributed by atoms with Gasteiger partial charge in [0.2, 0.25) is 5.91 Å². The van der Waals surface area contributed by atoms with Crippen LogP contribution in [0.4, 0.5) is 0 Å². The lowest BCUT2D eigenvalue weighted by molar-refractivity contribution is -0.135. The number of rotatable bonds is 10. The molecule has 0 spiro atoms. The molecule has 3 aromatic rings. The van der Waals surface area contributed by atoms with E-state index in [1.807, 2.05) is 71.6 Å². The highest BCUT2D eigenvalue weighted by atomic mass is 16.5. The Hall–Kier alpha value is -4.30. The predicted octanol–water partition coefficient (Wildman–Crippen LogP) is 4.92. The first kappa shape index (κ1) is 28.7. The molecule has 4 rings (SSSR count). The van der Waals surface area contributed by atoms with Crippen molar-refractivity contribution in [1.82, 2.24) is 9.80 Å². The molecule has 210 valence electrons. The number of hydrogen-bond acceptors (Lipinski definition) is 6. The molecule has 0 saturated carbocycles. The van der Waals surface area contributed by atoms with Crippen LogP contribution in [0.15, 0.2) is 66.7 Å². The number of ether oxygens (including phenoxy) is 4. The molecule has 8 nitrogen and oxygen atoms in total. The standard InChI is InChI=1S/C32H36N2O6/c1-33(2)32(36)30(21-24-19-28(37-3)22-29(20-24)38-4)25-8-12-27(13-9-25)40-26-10-5-23(6-11-26)7-14-31(35)34-15-17-39-18-16-34/h5-6,8-13,19-22H,7,14-18H2,1-4H3/b30-21+. The lowest BCUT2D eigenvalue weighted by Gasteiger charge is -2.26. The summed E-state index contributed by atoms with van der Waals surface area (Å²) in [6.45, 7) is 2.56. The number of hydrogen-bond donors (Lipinski definition) is 0. The molecule has 1 saturated heterocycles. The van der Waals surface area contributed by atoms with Crippen LogP contribution >= 0.6 is 0 Å². The summed E-state index contributed by atoms with van der Waals surface area (Å²) >= 11 is 0. The van der Waals surface area contributed by atoms with Crippen molar-refractivity contribution in [3.63, 3.8) is 0 Å². The maximum atomic E-state index is 13.1. The second kappa shape index (κ2) is 13.7. The van der Waals surface area contributed by atoms with Gasteiger partial charge in [-0.2, -0.15) is 0 Å². The van der Waals surface area contributed by atoms with Crippen LogP contribution in [0.2, 0.25) is 0 Å². The Morgan fingerprint density at radius 1 is 0.850 bits per heavy atom. The predicted molar refractivity (Wildman–Crippen MR) is 155 cm³/mol. The largest absolute Gasteiger partial charge is 0.497 e. The van der Waals surface area contributed by atoms with Gasteiger partial charge in [-0.1, -0.05) is 24.3 Å². The summed E-state index contributed by atoms with van der Waals surface area (Å²) < 4.78 is 22.1. The van der Waals surface area contributed by atoms with E-state index >= 15 is 0 Å². The van der Waals surface area contributed by atoms with Crippen LogP contribution in [-0.4, -0.2) is 76.2 Å². The summed E-state index contributed by atoms with van der Waals surface area (Å²) in [7, 11) is 6.63. The molecule has 0 N–H and O–H groups in total. The van der Waals surface area contributed by atoms with Crippen LogP contribution in [0.25, 0.3) is 11.6 Å². The molecule has 1 aliphatic rings. The zero-order chi connectivity index (χ0) is 28.5. The minimum atomic E-state index is -0.127. The zero-order valence-electron chi connectivity index (χ0n) is 23.5. The minimum Gasteiger partial charge on any atom is -0.497 e. The zero-order valence-corrected chi connectivity index (χ0v) is 23.5. The summed E-state index contributed by atoms with van der Waals surface area (Å²) in [5.41, 5.74) is 3.15. The molecule has 1 aliphatic heterocycles. The lowest BCUT2D eigenvalue weighted by atomic mass is 10.0. The molecule has 3 aromatic carbocycles. The van der Waals surface area contributed by atoms with Gasteiger partial charge in [0.15, 0.2) is 0 Å². The Labute approximate surface area is 235 Å². The summed E-state index contributed by atoms with van der Waals surface area (Å²) in [6.07, 6.45) is 2.98. The molecule has 8 heteroatoms. The Balaban J connectivity index is 1.44. The van der Waals surface area contributed by atoms with Gasteiger partial charge in [-0.05, 0) is 65.6 Å². The lowest BCUT2D eigenvalue weighted by Crippen LogP contribution is -2.40. The third kappa shape index (κ3) is 7.64. The van der Waals surface area contributed by atoms with E-state index in [-0.39, 0.29) is 11.8 Å². The second-order valence-electron chi connectivity index (χ2n) is 9.67. The van der Waals surface area contributed by atoms with E-state index in [9.17, 15) is 9.59 Å². The third-order valence-electron chi connectivity index (χ3n) is 6.64. The Kier molecular flexibility index (Phi) is 9.81. The maximum Gasteiger partial charge on any atom is 0.253 e. The van der Waals surface area contributed by atoms with Gasteiger partial charge < -0.3 is 28.7 Å². The molecule has 1 heterocycles. The van der Waals surface area contributed by atoms with Crippen LogP contribution in [-0.2, 0) is 20.7 Å². The topological polar surface area (TPSA) is 77.5 Å². The maximum absolute atomic E-state index is 13.1. The number of nitrogens with zero attached hydrogens (tertiary/aromatic N) is 2. The third-order valence-corrected chi connectivity index (χ3v) is 6.64. The smallest absolute Gasteiger partial charge is 0.253 e. The number of amides is 2. The van der Waals surface area contributed by atoms with Gasteiger partial charge in [0, 0.05) is 45.2 Å². The highest BCUT2D eigenvalue weighted by Gasteiger charge is 2.17. The van der Waals surface area contributed by atoms with Gasteiger partial charge in [0.1, 0.15) is 23.0 Å². The molecule has 0 atom stereocenters. The van der Waals surface area contributed by atoms with Gasteiger partial charge in [0.25, 0.3) is 5.91 Å². The van der Waals surface area contributed by atoms with Gasteiger partial charge in [-0.15, -0.1) is 0 Å². The van der Waals surface area contributed by atoms with E-state index < -0.39 is 0 Å². The summed E-state index contributed by atoms with van der Waals surface area (Å²) in [4.78, 5) is 28.9. The van der Waals surface area contributed by atoms with Crippen LogP contribution < -0.4 is 14.2 Å². The first-order chi connectivity index (χ1) is 19.4. The van der Waals surface area contributed by atoms with E-state index in [1.54, 1.807) is 39.3 Å². The average molecular weight is 545 g/mol. The van der Waals surface area contributed by atoms with Gasteiger partial charge in [0.05, 0.1) is 27.4 Å². The molecule has 1 fully saturated rings. The van der Waals surface area contributed by atoms with Crippen molar-refractivity contribution in [3.05, 3.63) is 83.4 Å². The Morgan fingerprint density at radius 2 is 1.43 bits per heavy atom. The second-order valence-corrected chi connectivity index (χ2v) is 9.67. The van der Waals surface area contributed by atoms with Crippen molar-refractivity contribution in [3.8, 4) is 23.0 Å². The van der Waals surface area contributed by atoms with E-state index in [0.717, 1.165) is 16.7 Å². The quantitative estimate of drug-likeness (QED) is 0.267. The molecule has 0 unspecified atom stereocenters. The van der Waals surface area contributed by atoms with Crippen molar-refractivity contribution in [2.24, 2.45) is 0 Å². The van der Waals surface area contributed by atoms with Crippen molar-refractivity contribution in [2.75, 3.05) is 54.6 Å². The molecule has 2 amide bonds. The van der Waals surface area contributed by atoms with Crippen LogP contribution in [0, 0.1) is 0 Å². The summed E-state index contributed by atoms with van der Waals surface area (Å²) in [5.74, 6) is 2.66. The number of benzene rings is 3. The normalized spacial score (nSPS) is 13.5. The number of carbonyl (C=O) groups excluding carboxylic acids is 2. The van der Waals surface area contributed by atoms with Crippen LogP contribution in [0.5, 0.6) is 23.0 Å². The molecular weight excluding hydrogens is 508 g/mol. The average Bonchev–Trinajstić information content (AvgIpc) is 2.99.